The fourth-order valence-electron chi connectivity index (χ4n) is 3.37. The zero-order valence-corrected chi connectivity index (χ0v) is 20.2. The molecule has 2 aromatic carbocycles. The van der Waals surface area contributed by atoms with Gasteiger partial charge in [0.2, 0.25) is 5.91 Å². The first-order valence-corrected chi connectivity index (χ1v) is 11.7. The van der Waals surface area contributed by atoms with E-state index < -0.39 is 5.91 Å². The minimum Gasteiger partial charge on any atom is -0.493 e. The molecule has 0 aliphatic rings. The quantitative estimate of drug-likeness (QED) is 0.222. The van der Waals surface area contributed by atoms with Crippen LogP contribution >= 0.6 is 11.3 Å². The van der Waals surface area contributed by atoms with E-state index in [0.29, 0.717) is 47.1 Å². The molecule has 34 heavy (non-hydrogen) atoms. The standard InChI is InChI=1S/C25H27FN2O5S/c1-4-33-22-10-8-16(14-23(22)32-3)21(29)9-11-24(30)28-27-20(12-13-31-2)18-15-34-25-17(18)6-5-7-19(25)26/h5-8,10,14-15H,4,9,11-13H2,1-3H3,(H,28,30)/b27-20-. The van der Waals surface area contributed by atoms with Gasteiger partial charge in [-0.2, -0.15) is 5.10 Å². The Morgan fingerprint density at radius 1 is 1.09 bits per heavy atom. The van der Waals surface area contributed by atoms with Crippen LogP contribution in [-0.4, -0.2) is 44.8 Å². The predicted octanol–water partition coefficient (Wildman–Crippen LogP) is 4.97. The largest absolute Gasteiger partial charge is 0.493 e. The lowest BCUT2D eigenvalue weighted by Gasteiger charge is -2.10. The molecule has 0 bridgehead atoms. The topological polar surface area (TPSA) is 86.2 Å². The SMILES string of the molecule is CCOc1ccc(C(=O)CCC(=O)N/N=C(/CCOC)c2csc3c(F)cccc23)cc1OC. The van der Waals surface area contributed by atoms with Crippen molar-refractivity contribution in [1.82, 2.24) is 5.43 Å². The van der Waals surface area contributed by atoms with Crippen LogP contribution < -0.4 is 14.9 Å². The second-order valence-electron chi connectivity index (χ2n) is 7.32. The summed E-state index contributed by atoms with van der Waals surface area (Å²) in [6, 6.07) is 9.80. The molecule has 0 radical (unpaired) electrons. The number of amides is 1. The van der Waals surface area contributed by atoms with Crippen molar-refractivity contribution in [2.24, 2.45) is 5.10 Å². The van der Waals surface area contributed by atoms with Gasteiger partial charge in [-0.25, -0.2) is 9.82 Å². The Balaban J connectivity index is 1.66. The molecule has 0 atom stereocenters. The first kappa shape index (κ1) is 25.3. The summed E-state index contributed by atoms with van der Waals surface area (Å²) >= 11 is 1.28. The molecular formula is C25H27FN2O5S. The van der Waals surface area contributed by atoms with Crippen molar-refractivity contribution in [2.75, 3.05) is 27.4 Å². The Kier molecular flexibility index (Phi) is 9.12. The average Bonchev–Trinajstić information content (AvgIpc) is 3.28. The van der Waals surface area contributed by atoms with Crippen molar-refractivity contribution in [3.8, 4) is 11.5 Å². The molecule has 1 aromatic heterocycles. The Morgan fingerprint density at radius 3 is 2.65 bits per heavy atom. The Hall–Kier alpha value is -3.30. The number of fused-ring (bicyclic) bond motifs is 1. The van der Waals surface area contributed by atoms with Crippen molar-refractivity contribution in [1.29, 1.82) is 0 Å². The highest BCUT2D eigenvalue weighted by molar-refractivity contribution is 7.17. The summed E-state index contributed by atoms with van der Waals surface area (Å²) in [6.07, 6.45) is 0.414. The van der Waals surface area contributed by atoms with Gasteiger partial charge >= 0.3 is 0 Å². The number of carbonyl (C=O) groups is 2. The number of benzene rings is 2. The first-order chi connectivity index (χ1) is 16.5. The summed E-state index contributed by atoms with van der Waals surface area (Å²) in [6.45, 7) is 2.73. The number of hydrazone groups is 1. The van der Waals surface area contributed by atoms with E-state index in [4.69, 9.17) is 14.2 Å². The van der Waals surface area contributed by atoms with Crippen LogP contribution in [-0.2, 0) is 9.53 Å². The molecule has 9 heteroatoms. The lowest BCUT2D eigenvalue weighted by molar-refractivity contribution is -0.121. The molecule has 0 spiro atoms. The summed E-state index contributed by atoms with van der Waals surface area (Å²) in [4.78, 5) is 25.0. The number of methoxy groups -OCH3 is 2. The minimum atomic E-state index is -0.396. The maximum Gasteiger partial charge on any atom is 0.240 e. The van der Waals surface area contributed by atoms with Crippen LogP contribution in [0.15, 0.2) is 46.9 Å². The van der Waals surface area contributed by atoms with Crippen LogP contribution in [0.2, 0.25) is 0 Å². The maximum atomic E-state index is 14.1. The monoisotopic (exact) mass is 486 g/mol. The molecular weight excluding hydrogens is 459 g/mol. The van der Waals surface area contributed by atoms with E-state index >= 15 is 0 Å². The van der Waals surface area contributed by atoms with Gasteiger partial charge in [0, 0.05) is 48.3 Å². The van der Waals surface area contributed by atoms with E-state index in [1.165, 1.54) is 24.5 Å². The number of halogens is 1. The molecule has 1 amide bonds. The second kappa shape index (κ2) is 12.2. The van der Waals surface area contributed by atoms with Gasteiger partial charge in [0.15, 0.2) is 17.3 Å². The molecule has 3 aromatic rings. The summed E-state index contributed by atoms with van der Waals surface area (Å²) in [5, 5.41) is 6.81. The molecule has 180 valence electrons. The van der Waals surface area contributed by atoms with Crippen molar-refractivity contribution >= 4 is 38.8 Å². The summed E-state index contributed by atoms with van der Waals surface area (Å²) in [7, 11) is 3.08. The van der Waals surface area contributed by atoms with Crippen LogP contribution in [0.4, 0.5) is 4.39 Å². The fourth-order valence-corrected chi connectivity index (χ4v) is 4.35. The molecule has 0 saturated carbocycles. The molecule has 0 fully saturated rings. The van der Waals surface area contributed by atoms with Gasteiger partial charge in [-0.15, -0.1) is 11.3 Å². The van der Waals surface area contributed by atoms with Gasteiger partial charge in [0.05, 0.1) is 30.7 Å². The van der Waals surface area contributed by atoms with Gasteiger partial charge in [-0.1, -0.05) is 12.1 Å². The smallest absolute Gasteiger partial charge is 0.240 e. The van der Waals surface area contributed by atoms with Gasteiger partial charge in [-0.3, -0.25) is 9.59 Å². The van der Waals surface area contributed by atoms with Gasteiger partial charge in [-0.05, 0) is 31.2 Å². The zero-order valence-electron chi connectivity index (χ0n) is 19.4. The number of rotatable bonds is 12. The summed E-state index contributed by atoms with van der Waals surface area (Å²) in [5.74, 6) is 0.126. The molecule has 0 saturated heterocycles. The predicted molar refractivity (Wildman–Crippen MR) is 131 cm³/mol. The molecule has 0 unspecified atom stereocenters. The van der Waals surface area contributed by atoms with Crippen molar-refractivity contribution in [2.45, 2.75) is 26.2 Å². The lowest BCUT2D eigenvalue weighted by Crippen LogP contribution is -2.21. The van der Waals surface area contributed by atoms with Crippen molar-refractivity contribution in [3.63, 3.8) is 0 Å². The Labute approximate surface area is 201 Å². The third-order valence-corrected chi connectivity index (χ3v) is 6.09. The van der Waals surface area contributed by atoms with Crippen molar-refractivity contribution in [3.05, 3.63) is 58.7 Å². The number of Topliss-reactive ketones (excluding diaryl/α,β-unsaturated/α-hetero) is 1. The normalized spacial score (nSPS) is 11.5. The number of nitrogens with one attached hydrogen (secondary N) is 1. The van der Waals surface area contributed by atoms with E-state index in [-0.39, 0.29) is 24.4 Å². The summed E-state index contributed by atoms with van der Waals surface area (Å²) in [5.41, 5.74) is 4.28. The van der Waals surface area contributed by atoms with E-state index in [1.54, 1.807) is 31.4 Å². The molecule has 0 aliphatic carbocycles. The third kappa shape index (κ3) is 6.18. The first-order valence-electron chi connectivity index (χ1n) is 10.8. The van der Waals surface area contributed by atoms with Gasteiger partial charge < -0.3 is 14.2 Å². The number of carbonyl (C=O) groups excluding carboxylic acids is 2. The molecule has 1 N–H and O–H groups in total. The maximum absolute atomic E-state index is 14.1. The number of nitrogens with zero attached hydrogens (tertiary/aromatic N) is 1. The fraction of sp³-hybridized carbons (Fsp3) is 0.320. The number of ketones is 1. The third-order valence-electron chi connectivity index (χ3n) is 5.09. The van der Waals surface area contributed by atoms with Gasteiger partial charge in [0.1, 0.15) is 5.82 Å². The Bertz CT molecular complexity index is 1190. The highest BCUT2D eigenvalue weighted by atomic mass is 32.1. The Morgan fingerprint density at radius 2 is 1.91 bits per heavy atom. The van der Waals surface area contributed by atoms with E-state index in [9.17, 15) is 14.0 Å². The number of hydrogen-bond acceptors (Lipinski definition) is 7. The number of thiophene rings is 1. The molecule has 3 rings (SSSR count). The molecule has 0 aliphatic heterocycles. The number of hydrogen-bond donors (Lipinski definition) is 1. The van der Waals surface area contributed by atoms with Crippen LogP contribution in [0.3, 0.4) is 0 Å². The molecule has 1 heterocycles. The second-order valence-corrected chi connectivity index (χ2v) is 8.20. The van der Waals surface area contributed by atoms with Crippen molar-refractivity contribution < 1.29 is 28.2 Å². The van der Waals surface area contributed by atoms with E-state index in [2.05, 4.69) is 10.5 Å². The van der Waals surface area contributed by atoms with Crippen LogP contribution in [0.5, 0.6) is 11.5 Å². The highest BCUT2D eigenvalue weighted by Crippen LogP contribution is 2.30. The minimum absolute atomic E-state index is 0.0124. The average molecular weight is 487 g/mol. The van der Waals surface area contributed by atoms with E-state index in [0.717, 1.165) is 10.9 Å². The number of ether oxygens (including phenoxy) is 3. The zero-order chi connectivity index (χ0) is 24.5. The van der Waals surface area contributed by atoms with Gasteiger partial charge in [0.25, 0.3) is 0 Å². The van der Waals surface area contributed by atoms with Crippen LogP contribution in [0.25, 0.3) is 10.1 Å². The molecule has 7 nitrogen and oxygen atoms in total. The summed E-state index contributed by atoms with van der Waals surface area (Å²) < 4.78 is 30.5. The lowest BCUT2D eigenvalue weighted by atomic mass is 10.1. The van der Waals surface area contributed by atoms with Crippen LogP contribution in [0, 0.1) is 5.82 Å². The highest BCUT2D eigenvalue weighted by Gasteiger charge is 2.15. The van der Waals surface area contributed by atoms with E-state index in [1.807, 2.05) is 18.4 Å². The van der Waals surface area contributed by atoms with Crippen LogP contribution in [0.1, 0.15) is 42.1 Å².